The number of carbonyl (C=O) groups is 1. The Morgan fingerprint density at radius 3 is 2.47 bits per heavy atom. The molecule has 19 heavy (non-hydrogen) atoms. The van der Waals surface area contributed by atoms with Gasteiger partial charge in [0.25, 0.3) is 0 Å². The van der Waals surface area contributed by atoms with Crippen molar-refractivity contribution < 1.29 is 14.3 Å². The summed E-state index contributed by atoms with van der Waals surface area (Å²) in [5, 5.41) is 0.443. The summed E-state index contributed by atoms with van der Waals surface area (Å²) in [5.74, 6) is 0.672. The molecule has 1 aliphatic heterocycles. The Balaban J connectivity index is 2.07. The first-order valence-electron chi connectivity index (χ1n) is 6.58. The Hall–Kier alpha value is -1.06. The zero-order valence-electron chi connectivity index (χ0n) is 11.5. The average Bonchev–Trinajstić information content (AvgIpc) is 2.26. The van der Waals surface area contributed by atoms with Crippen molar-refractivity contribution >= 4 is 17.4 Å². The molecule has 2 atom stereocenters. The van der Waals surface area contributed by atoms with Crippen molar-refractivity contribution in [2.24, 2.45) is 0 Å². The number of ketones is 1. The van der Waals surface area contributed by atoms with Gasteiger partial charge in [0.05, 0.1) is 17.2 Å². The van der Waals surface area contributed by atoms with Gasteiger partial charge in [-0.3, -0.25) is 4.79 Å². The van der Waals surface area contributed by atoms with Crippen LogP contribution in [-0.2, 0) is 4.74 Å². The summed E-state index contributed by atoms with van der Waals surface area (Å²) in [6.07, 6.45) is 2.30. The predicted octanol–water partition coefficient (Wildman–Crippen LogP) is 3.88. The van der Waals surface area contributed by atoms with Gasteiger partial charge in [0.2, 0.25) is 0 Å². The first kappa shape index (κ1) is 14.4. The second-order valence-electron chi connectivity index (χ2n) is 5.17. The molecule has 0 aliphatic carbocycles. The second kappa shape index (κ2) is 5.93. The highest BCUT2D eigenvalue weighted by molar-refractivity contribution is 6.34. The largest absolute Gasteiger partial charge is 0.490 e. The van der Waals surface area contributed by atoms with Crippen LogP contribution in [0.15, 0.2) is 18.2 Å². The lowest BCUT2D eigenvalue weighted by atomic mass is 10.0. The van der Waals surface area contributed by atoms with Crippen LogP contribution in [-0.4, -0.2) is 24.1 Å². The lowest BCUT2D eigenvalue weighted by Crippen LogP contribution is -2.35. The number of hydrogen-bond acceptors (Lipinski definition) is 3. The Morgan fingerprint density at radius 2 is 1.95 bits per heavy atom. The highest BCUT2D eigenvalue weighted by Gasteiger charge is 2.25. The van der Waals surface area contributed by atoms with E-state index in [4.69, 9.17) is 21.1 Å². The van der Waals surface area contributed by atoms with E-state index < -0.39 is 0 Å². The second-order valence-corrected chi connectivity index (χ2v) is 5.57. The van der Waals surface area contributed by atoms with Crippen molar-refractivity contribution in [3.8, 4) is 5.75 Å². The van der Waals surface area contributed by atoms with Gasteiger partial charge in [-0.15, -0.1) is 0 Å². The fraction of sp³-hybridized carbons (Fsp3) is 0.533. The summed E-state index contributed by atoms with van der Waals surface area (Å²) in [6.45, 7) is 5.61. The van der Waals surface area contributed by atoms with Crippen LogP contribution < -0.4 is 4.74 Å². The Kier molecular flexibility index (Phi) is 4.48. The number of rotatable bonds is 3. The van der Waals surface area contributed by atoms with E-state index in [2.05, 4.69) is 13.8 Å². The van der Waals surface area contributed by atoms with Crippen molar-refractivity contribution in [3.63, 3.8) is 0 Å². The fourth-order valence-electron chi connectivity index (χ4n) is 2.49. The molecular formula is C15H19ClO3. The third-order valence-electron chi connectivity index (χ3n) is 3.28. The number of ether oxygens (including phenoxy) is 2. The van der Waals surface area contributed by atoms with Gasteiger partial charge in [0.1, 0.15) is 11.9 Å². The van der Waals surface area contributed by atoms with Gasteiger partial charge in [0.15, 0.2) is 5.78 Å². The van der Waals surface area contributed by atoms with Crippen molar-refractivity contribution in [1.29, 1.82) is 0 Å². The zero-order chi connectivity index (χ0) is 14.0. The molecule has 1 aliphatic rings. The van der Waals surface area contributed by atoms with E-state index in [0.717, 1.165) is 12.8 Å². The first-order chi connectivity index (χ1) is 8.95. The van der Waals surface area contributed by atoms with E-state index >= 15 is 0 Å². The number of halogens is 1. The number of hydrogen-bond donors (Lipinski definition) is 0. The fourth-order valence-corrected chi connectivity index (χ4v) is 2.79. The van der Waals surface area contributed by atoms with Crippen molar-refractivity contribution in [2.45, 2.75) is 51.9 Å². The topological polar surface area (TPSA) is 35.5 Å². The van der Waals surface area contributed by atoms with Crippen LogP contribution in [0.25, 0.3) is 0 Å². The summed E-state index contributed by atoms with van der Waals surface area (Å²) in [5.41, 5.74) is 0.530. The summed E-state index contributed by atoms with van der Waals surface area (Å²) in [7, 11) is 0. The maximum absolute atomic E-state index is 11.3. The molecule has 0 amide bonds. The van der Waals surface area contributed by atoms with Gasteiger partial charge in [-0.25, -0.2) is 0 Å². The Bertz CT molecular complexity index is 462. The maximum Gasteiger partial charge on any atom is 0.161 e. The molecule has 0 N–H and O–H groups in total. The van der Waals surface area contributed by atoms with E-state index in [1.165, 1.54) is 6.92 Å². The molecule has 0 radical (unpaired) electrons. The summed E-state index contributed by atoms with van der Waals surface area (Å²) in [4.78, 5) is 11.3. The van der Waals surface area contributed by atoms with E-state index in [1.807, 2.05) is 0 Å². The van der Waals surface area contributed by atoms with Crippen molar-refractivity contribution in [1.82, 2.24) is 0 Å². The van der Waals surface area contributed by atoms with Crippen molar-refractivity contribution in [3.05, 3.63) is 28.8 Å². The van der Waals surface area contributed by atoms with E-state index in [0.29, 0.717) is 16.3 Å². The molecule has 1 heterocycles. The number of Topliss-reactive ketones (excluding diaryl/α,β-unsaturated/α-hetero) is 1. The lowest BCUT2D eigenvalue weighted by Gasteiger charge is -2.32. The zero-order valence-corrected chi connectivity index (χ0v) is 12.2. The smallest absolute Gasteiger partial charge is 0.161 e. The molecule has 1 aromatic carbocycles. The average molecular weight is 283 g/mol. The highest BCUT2D eigenvalue weighted by Crippen LogP contribution is 2.27. The quantitative estimate of drug-likeness (QED) is 0.789. The molecule has 0 aromatic heterocycles. The lowest BCUT2D eigenvalue weighted by molar-refractivity contribution is -0.0721. The molecule has 104 valence electrons. The van der Waals surface area contributed by atoms with Gasteiger partial charge in [-0.2, -0.15) is 0 Å². The van der Waals surface area contributed by atoms with Gasteiger partial charge < -0.3 is 9.47 Å². The molecule has 1 saturated heterocycles. The van der Waals surface area contributed by atoms with E-state index in [1.54, 1.807) is 18.2 Å². The molecule has 2 rings (SSSR count). The minimum atomic E-state index is -0.0372. The van der Waals surface area contributed by atoms with Gasteiger partial charge in [-0.05, 0) is 39.0 Å². The van der Waals surface area contributed by atoms with Crippen LogP contribution in [0, 0.1) is 0 Å². The van der Waals surface area contributed by atoms with Gasteiger partial charge >= 0.3 is 0 Å². The normalized spacial score (nSPS) is 27.1. The highest BCUT2D eigenvalue weighted by atomic mass is 35.5. The van der Waals surface area contributed by atoms with Crippen LogP contribution in [0.4, 0.5) is 0 Å². The molecule has 3 nitrogen and oxygen atoms in total. The SMILES string of the molecule is CC(=O)c1ccc(OC2CC(C)OC(C)C2)cc1Cl. The minimum absolute atomic E-state index is 0.0372. The van der Waals surface area contributed by atoms with Crippen LogP contribution in [0.5, 0.6) is 5.75 Å². The molecule has 0 saturated carbocycles. The van der Waals surface area contributed by atoms with Crippen LogP contribution in [0.3, 0.4) is 0 Å². The van der Waals surface area contributed by atoms with Gasteiger partial charge in [-0.1, -0.05) is 11.6 Å². The third kappa shape index (κ3) is 3.71. The van der Waals surface area contributed by atoms with Crippen LogP contribution in [0.1, 0.15) is 44.0 Å². The molecule has 0 spiro atoms. The third-order valence-corrected chi connectivity index (χ3v) is 3.59. The Labute approximate surface area is 118 Å². The number of benzene rings is 1. The predicted molar refractivity (Wildman–Crippen MR) is 75.1 cm³/mol. The first-order valence-corrected chi connectivity index (χ1v) is 6.96. The summed E-state index contributed by atoms with van der Waals surface area (Å²) < 4.78 is 11.6. The minimum Gasteiger partial charge on any atom is -0.490 e. The monoisotopic (exact) mass is 282 g/mol. The van der Waals surface area contributed by atoms with Crippen molar-refractivity contribution in [2.75, 3.05) is 0 Å². The molecule has 2 unspecified atom stereocenters. The van der Waals surface area contributed by atoms with E-state index in [9.17, 15) is 4.79 Å². The van der Waals surface area contributed by atoms with E-state index in [-0.39, 0.29) is 24.1 Å². The molecule has 1 fully saturated rings. The maximum atomic E-state index is 11.3. The molecule has 1 aromatic rings. The number of carbonyl (C=O) groups excluding carboxylic acids is 1. The standard InChI is InChI=1S/C15H19ClO3/c1-9-6-13(7-10(2)18-9)19-12-4-5-14(11(3)17)15(16)8-12/h4-5,8-10,13H,6-7H2,1-3H3. The summed E-state index contributed by atoms with van der Waals surface area (Å²) in [6, 6.07) is 5.22. The van der Waals surface area contributed by atoms with Gasteiger partial charge in [0, 0.05) is 18.4 Å². The van der Waals surface area contributed by atoms with Crippen LogP contribution in [0.2, 0.25) is 5.02 Å². The summed E-state index contributed by atoms with van der Waals surface area (Å²) >= 11 is 6.07. The molecule has 0 bridgehead atoms. The Morgan fingerprint density at radius 1 is 1.32 bits per heavy atom. The molecule has 4 heteroatoms. The molecular weight excluding hydrogens is 264 g/mol. The van der Waals surface area contributed by atoms with Crippen LogP contribution >= 0.6 is 11.6 Å².